The average molecular weight is 290 g/mol. The number of benzene rings is 2. The number of halogens is 1. The summed E-state index contributed by atoms with van der Waals surface area (Å²) in [5.41, 5.74) is 0.451. The predicted octanol–water partition coefficient (Wildman–Crippen LogP) is 3.84. The smallest absolute Gasteiger partial charge is 0.335 e. The molecule has 1 atom stereocenters. The summed E-state index contributed by atoms with van der Waals surface area (Å²) in [5, 5.41) is 3.72. The first-order valence-electron chi connectivity index (χ1n) is 6.24. The van der Waals surface area contributed by atoms with Crippen LogP contribution in [0.4, 0.5) is 5.69 Å². The van der Waals surface area contributed by atoms with Crippen LogP contribution < -0.4 is 5.32 Å². The summed E-state index contributed by atoms with van der Waals surface area (Å²) in [4.78, 5) is 12.2. The fourth-order valence-electron chi connectivity index (χ4n) is 2.11. The molecule has 3 nitrogen and oxygen atoms in total. The number of ether oxygens (including phenoxy) is 1. The third kappa shape index (κ3) is 2.78. The quantitative estimate of drug-likeness (QED) is 0.869. The Balaban J connectivity index is 2.46. The van der Waals surface area contributed by atoms with Crippen LogP contribution in [-0.2, 0) is 15.1 Å². The lowest BCUT2D eigenvalue weighted by Crippen LogP contribution is -2.41. The number of nitrogens with one attached hydrogen (secondary N) is 1. The van der Waals surface area contributed by atoms with E-state index < -0.39 is 11.5 Å². The maximum absolute atomic E-state index is 12.2. The fourth-order valence-corrected chi connectivity index (χ4v) is 2.43. The van der Waals surface area contributed by atoms with Crippen LogP contribution in [0.3, 0.4) is 0 Å². The Hall–Kier alpha value is -2.00. The Bertz CT molecular complexity index is 600. The van der Waals surface area contributed by atoms with E-state index in [0.717, 1.165) is 5.69 Å². The van der Waals surface area contributed by atoms with Crippen LogP contribution in [-0.4, -0.2) is 13.1 Å². The molecule has 1 N–H and O–H groups in total. The van der Waals surface area contributed by atoms with Crippen molar-refractivity contribution in [1.82, 2.24) is 0 Å². The predicted molar refractivity (Wildman–Crippen MR) is 80.9 cm³/mol. The van der Waals surface area contributed by atoms with Crippen LogP contribution in [0.15, 0.2) is 54.6 Å². The number of para-hydroxylation sites is 1. The molecule has 0 fully saturated rings. The van der Waals surface area contributed by atoms with E-state index in [9.17, 15) is 4.79 Å². The zero-order valence-electron chi connectivity index (χ0n) is 11.4. The Labute approximate surface area is 123 Å². The van der Waals surface area contributed by atoms with Crippen molar-refractivity contribution in [2.45, 2.75) is 12.5 Å². The topological polar surface area (TPSA) is 38.3 Å². The number of methoxy groups -OCH3 is 1. The molecule has 20 heavy (non-hydrogen) atoms. The van der Waals surface area contributed by atoms with Gasteiger partial charge in [0.1, 0.15) is 0 Å². The van der Waals surface area contributed by atoms with Crippen molar-refractivity contribution < 1.29 is 9.53 Å². The molecule has 0 heterocycles. The summed E-state index contributed by atoms with van der Waals surface area (Å²) in [6, 6.07) is 16.7. The van der Waals surface area contributed by atoms with Crippen molar-refractivity contribution in [3.05, 3.63) is 65.2 Å². The van der Waals surface area contributed by atoms with Crippen molar-refractivity contribution in [1.29, 1.82) is 0 Å². The summed E-state index contributed by atoms with van der Waals surface area (Å²) in [5.74, 6) is -0.394. The minimum absolute atomic E-state index is 0.394. The summed E-state index contributed by atoms with van der Waals surface area (Å²) in [6.45, 7) is 1.76. The molecule has 0 radical (unpaired) electrons. The second kappa shape index (κ2) is 5.97. The van der Waals surface area contributed by atoms with Crippen molar-refractivity contribution >= 4 is 23.3 Å². The fraction of sp³-hybridized carbons (Fsp3) is 0.188. The van der Waals surface area contributed by atoms with Crippen LogP contribution in [0.25, 0.3) is 0 Å². The highest BCUT2D eigenvalue weighted by Crippen LogP contribution is 2.32. The molecule has 0 amide bonds. The van der Waals surface area contributed by atoms with Gasteiger partial charge >= 0.3 is 5.97 Å². The number of esters is 1. The molecular formula is C16H16ClNO2. The van der Waals surface area contributed by atoms with Gasteiger partial charge < -0.3 is 10.1 Å². The molecule has 0 saturated heterocycles. The molecule has 2 aromatic carbocycles. The van der Waals surface area contributed by atoms with E-state index in [2.05, 4.69) is 5.32 Å². The summed E-state index contributed by atoms with van der Waals surface area (Å²) >= 11 is 6.23. The van der Waals surface area contributed by atoms with Crippen molar-refractivity contribution in [3.8, 4) is 0 Å². The molecular weight excluding hydrogens is 274 g/mol. The first-order chi connectivity index (χ1) is 9.58. The Morgan fingerprint density at radius 2 is 1.70 bits per heavy atom. The van der Waals surface area contributed by atoms with Crippen LogP contribution >= 0.6 is 11.6 Å². The highest BCUT2D eigenvalue weighted by atomic mass is 35.5. The molecule has 0 aliphatic heterocycles. The van der Waals surface area contributed by atoms with E-state index in [4.69, 9.17) is 16.3 Å². The second-order valence-electron chi connectivity index (χ2n) is 4.59. The molecule has 0 aromatic heterocycles. The maximum atomic E-state index is 12.2. The minimum atomic E-state index is -1.05. The van der Waals surface area contributed by atoms with Gasteiger partial charge in [-0.15, -0.1) is 0 Å². The van der Waals surface area contributed by atoms with Crippen LogP contribution in [0, 0.1) is 0 Å². The van der Waals surface area contributed by atoms with E-state index in [1.165, 1.54) is 7.11 Å². The number of rotatable bonds is 4. The Morgan fingerprint density at radius 3 is 2.30 bits per heavy atom. The van der Waals surface area contributed by atoms with E-state index in [1.807, 2.05) is 48.5 Å². The highest BCUT2D eigenvalue weighted by Gasteiger charge is 2.38. The number of carbonyl (C=O) groups is 1. The molecule has 0 spiro atoms. The lowest BCUT2D eigenvalue weighted by Gasteiger charge is -2.30. The van der Waals surface area contributed by atoms with Crippen LogP contribution in [0.1, 0.15) is 12.5 Å². The highest BCUT2D eigenvalue weighted by molar-refractivity contribution is 6.31. The molecule has 0 saturated carbocycles. The second-order valence-corrected chi connectivity index (χ2v) is 4.99. The van der Waals surface area contributed by atoms with Gasteiger partial charge in [-0.2, -0.15) is 0 Å². The van der Waals surface area contributed by atoms with Gasteiger partial charge in [0.2, 0.25) is 0 Å². The normalized spacial score (nSPS) is 13.3. The van der Waals surface area contributed by atoms with E-state index in [0.29, 0.717) is 10.6 Å². The van der Waals surface area contributed by atoms with E-state index in [-0.39, 0.29) is 0 Å². The minimum Gasteiger partial charge on any atom is -0.467 e. The largest absolute Gasteiger partial charge is 0.467 e. The van der Waals surface area contributed by atoms with Crippen molar-refractivity contribution in [3.63, 3.8) is 0 Å². The molecule has 0 aliphatic carbocycles. The first kappa shape index (κ1) is 14.4. The van der Waals surface area contributed by atoms with E-state index >= 15 is 0 Å². The van der Waals surface area contributed by atoms with Gasteiger partial charge in [0.05, 0.1) is 7.11 Å². The maximum Gasteiger partial charge on any atom is 0.335 e. The van der Waals surface area contributed by atoms with Gasteiger partial charge in [0.25, 0.3) is 0 Å². The molecule has 1 unspecified atom stereocenters. The van der Waals surface area contributed by atoms with Gasteiger partial charge in [-0.25, -0.2) is 4.79 Å². The third-order valence-electron chi connectivity index (χ3n) is 3.17. The third-order valence-corrected chi connectivity index (χ3v) is 3.50. The first-order valence-corrected chi connectivity index (χ1v) is 6.62. The molecule has 0 aliphatic rings. The van der Waals surface area contributed by atoms with Crippen molar-refractivity contribution in [2.24, 2.45) is 0 Å². The summed E-state index contributed by atoms with van der Waals surface area (Å²) in [7, 11) is 1.37. The lowest BCUT2D eigenvalue weighted by molar-refractivity contribution is -0.145. The van der Waals surface area contributed by atoms with Gasteiger partial charge in [-0.3, -0.25) is 0 Å². The van der Waals surface area contributed by atoms with Crippen LogP contribution in [0.2, 0.25) is 5.02 Å². The average Bonchev–Trinajstić information content (AvgIpc) is 2.47. The number of hydrogen-bond acceptors (Lipinski definition) is 3. The molecule has 4 heteroatoms. The number of hydrogen-bond donors (Lipinski definition) is 1. The van der Waals surface area contributed by atoms with Crippen LogP contribution in [0.5, 0.6) is 0 Å². The monoisotopic (exact) mass is 289 g/mol. The lowest BCUT2D eigenvalue weighted by atomic mass is 9.91. The van der Waals surface area contributed by atoms with Gasteiger partial charge in [-0.05, 0) is 25.1 Å². The number of carbonyl (C=O) groups excluding carboxylic acids is 1. The van der Waals surface area contributed by atoms with Gasteiger partial charge in [0, 0.05) is 16.3 Å². The zero-order chi connectivity index (χ0) is 14.6. The zero-order valence-corrected chi connectivity index (χ0v) is 12.1. The van der Waals surface area contributed by atoms with Gasteiger partial charge in [-0.1, -0.05) is 48.0 Å². The van der Waals surface area contributed by atoms with Crippen molar-refractivity contribution in [2.75, 3.05) is 12.4 Å². The molecule has 104 valence electrons. The summed E-state index contributed by atoms with van der Waals surface area (Å²) < 4.78 is 4.94. The molecule has 2 aromatic rings. The molecule has 2 rings (SSSR count). The van der Waals surface area contributed by atoms with E-state index in [1.54, 1.807) is 13.0 Å². The Morgan fingerprint density at radius 1 is 1.10 bits per heavy atom. The molecule has 0 bridgehead atoms. The Kier molecular flexibility index (Phi) is 4.30. The van der Waals surface area contributed by atoms with Gasteiger partial charge in [0.15, 0.2) is 5.54 Å². The SMILES string of the molecule is COC(=O)C(C)(Nc1ccccc1)c1ccccc1Cl. The number of anilines is 1. The summed E-state index contributed by atoms with van der Waals surface area (Å²) in [6.07, 6.45) is 0. The standard InChI is InChI=1S/C16H16ClNO2/c1-16(15(19)20-2,13-10-6-7-11-14(13)17)18-12-8-4-3-5-9-12/h3-11,18H,1-2H3.